The Hall–Kier alpha value is -0.790. The number of aliphatic carboxylic acids is 1. The van der Waals surface area contributed by atoms with Gasteiger partial charge < -0.3 is 5.11 Å². The maximum atomic E-state index is 12.5. The maximum Gasteiger partial charge on any atom is 0.309 e. The van der Waals surface area contributed by atoms with Crippen molar-refractivity contribution in [2.24, 2.45) is 46.3 Å². The molecule has 4 atom stereocenters. The average molecular weight is 314 g/mol. The highest BCUT2D eigenvalue weighted by Crippen LogP contribution is 2.68. The van der Waals surface area contributed by atoms with Crippen LogP contribution in [-0.4, -0.2) is 11.1 Å². The molecule has 2 heteroatoms. The molecule has 0 aromatic carbocycles. The Morgan fingerprint density at radius 3 is 2.09 bits per heavy atom. The quantitative estimate of drug-likeness (QED) is 0.750. The normalized spacial score (nSPS) is 52.0. The van der Waals surface area contributed by atoms with Gasteiger partial charge in [-0.25, -0.2) is 0 Å². The Labute approximate surface area is 139 Å². The lowest BCUT2D eigenvalue weighted by Gasteiger charge is -2.62. The van der Waals surface area contributed by atoms with Crippen molar-refractivity contribution in [2.75, 3.05) is 0 Å². The fraction of sp³-hybridized carbons (Fsp3) is 0.857. The average Bonchev–Trinajstić information content (AvgIpc) is 3.07. The monoisotopic (exact) mass is 314 g/mol. The fourth-order valence-electron chi connectivity index (χ4n) is 7.97. The Morgan fingerprint density at radius 1 is 1.04 bits per heavy atom. The molecule has 4 unspecified atom stereocenters. The summed E-state index contributed by atoms with van der Waals surface area (Å²) in [6.45, 7) is 2.14. The molecule has 23 heavy (non-hydrogen) atoms. The zero-order valence-corrected chi connectivity index (χ0v) is 14.3. The molecule has 0 aliphatic heterocycles. The van der Waals surface area contributed by atoms with Gasteiger partial charge in [-0.05, 0) is 106 Å². The first-order valence-corrected chi connectivity index (χ1v) is 9.89. The second-order valence-corrected chi connectivity index (χ2v) is 10.1. The van der Waals surface area contributed by atoms with Gasteiger partial charge in [-0.15, -0.1) is 0 Å². The second-order valence-electron chi connectivity index (χ2n) is 10.1. The summed E-state index contributed by atoms with van der Waals surface area (Å²) in [4.78, 5) is 12.5. The smallest absolute Gasteiger partial charge is 0.309 e. The summed E-state index contributed by atoms with van der Waals surface area (Å²) in [6.07, 6.45) is 16.0. The number of carbonyl (C=O) groups is 1. The molecule has 1 N–H and O–H groups in total. The number of allylic oxidation sites excluding steroid dienone is 2. The molecule has 2 nitrogen and oxygen atoms in total. The van der Waals surface area contributed by atoms with Crippen LogP contribution in [0.25, 0.3) is 0 Å². The number of hydrogen-bond donors (Lipinski definition) is 1. The lowest BCUT2D eigenvalue weighted by atomic mass is 9.42. The molecular formula is C21H30O2. The largest absolute Gasteiger partial charge is 0.481 e. The summed E-state index contributed by atoms with van der Waals surface area (Å²) >= 11 is 0. The van der Waals surface area contributed by atoms with Crippen LogP contribution >= 0.6 is 0 Å². The number of hydrogen-bond acceptors (Lipinski definition) is 1. The van der Waals surface area contributed by atoms with Crippen LogP contribution in [0, 0.1) is 46.3 Å². The second kappa shape index (κ2) is 4.64. The van der Waals surface area contributed by atoms with Gasteiger partial charge in [0.1, 0.15) is 0 Å². The zero-order valence-electron chi connectivity index (χ0n) is 14.3. The van der Waals surface area contributed by atoms with Crippen molar-refractivity contribution in [3.63, 3.8) is 0 Å². The third-order valence-electron chi connectivity index (χ3n) is 8.77. The highest BCUT2D eigenvalue weighted by atomic mass is 16.4. The van der Waals surface area contributed by atoms with E-state index < -0.39 is 11.4 Å². The Kier molecular flexibility index (Phi) is 2.93. The van der Waals surface area contributed by atoms with Gasteiger partial charge >= 0.3 is 5.97 Å². The van der Waals surface area contributed by atoms with Crippen molar-refractivity contribution in [3.05, 3.63) is 12.2 Å². The molecule has 126 valence electrons. The Morgan fingerprint density at radius 2 is 1.65 bits per heavy atom. The van der Waals surface area contributed by atoms with Crippen molar-refractivity contribution in [1.29, 1.82) is 0 Å². The minimum atomic E-state index is -0.494. The third kappa shape index (κ3) is 1.96. The summed E-state index contributed by atoms with van der Waals surface area (Å²) in [5, 5.41) is 10.3. The molecule has 0 heterocycles. The van der Waals surface area contributed by atoms with Gasteiger partial charge in [0.15, 0.2) is 0 Å². The van der Waals surface area contributed by atoms with Crippen molar-refractivity contribution in [1.82, 2.24) is 0 Å². The number of fused-ring (bicyclic) bond motifs is 2. The molecule has 0 aromatic rings. The molecule has 6 bridgehead atoms. The molecule has 5 fully saturated rings. The van der Waals surface area contributed by atoms with Crippen LogP contribution in [0.4, 0.5) is 0 Å². The van der Waals surface area contributed by atoms with Crippen molar-refractivity contribution < 1.29 is 9.90 Å². The predicted octanol–water partition coefficient (Wildman–Crippen LogP) is 4.90. The third-order valence-corrected chi connectivity index (χ3v) is 8.77. The van der Waals surface area contributed by atoms with Gasteiger partial charge in [-0.1, -0.05) is 12.2 Å². The first-order valence-electron chi connectivity index (χ1n) is 9.89. The first-order chi connectivity index (χ1) is 11.0. The lowest BCUT2D eigenvalue weighted by Crippen LogP contribution is -2.57. The molecule has 6 aliphatic carbocycles. The number of carboxylic acid groups (broad SMARTS) is 1. The molecule has 0 radical (unpaired) electrons. The molecule has 0 amide bonds. The highest BCUT2D eigenvalue weighted by Gasteiger charge is 2.62. The molecule has 0 spiro atoms. The molecule has 6 aliphatic rings. The summed E-state index contributed by atoms with van der Waals surface area (Å²) in [5.41, 5.74) is -0.384. The predicted molar refractivity (Wildman–Crippen MR) is 89.8 cm³/mol. The van der Waals surface area contributed by atoms with Gasteiger partial charge in [0.05, 0.1) is 5.41 Å². The molecule has 0 aromatic heterocycles. The van der Waals surface area contributed by atoms with E-state index in [2.05, 4.69) is 19.1 Å². The van der Waals surface area contributed by atoms with Crippen LogP contribution in [0.3, 0.4) is 0 Å². The zero-order chi connectivity index (χ0) is 15.8. The van der Waals surface area contributed by atoms with E-state index in [1.807, 2.05) is 0 Å². The van der Waals surface area contributed by atoms with Crippen molar-refractivity contribution in [2.45, 2.75) is 64.7 Å². The summed E-state index contributed by atoms with van der Waals surface area (Å²) in [5.74, 6) is 4.05. The number of carboxylic acids is 1. The fourth-order valence-corrected chi connectivity index (χ4v) is 7.97. The van der Waals surface area contributed by atoms with Gasteiger partial charge in [0, 0.05) is 0 Å². The Bertz CT molecular complexity index is 527. The maximum absolute atomic E-state index is 12.5. The molecule has 0 saturated heterocycles. The van der Waals surface area contributed by atoms with Gasteiger partial charge in [-0.2, -0.15) is 0 Å². The van der Waals surface area contributed by atoms with E-state index in [1.165, 1.54) is 51.4 Å². The minimum absolute atomic E-state index is 0.110. The van der Waals surface area contributed by atoms with Crippen LogP contribution in [0.2, 0.25) is 0 Å². The van der Waals surface area contributed by atoms with Crippen LogP contribution in [0.1, 0.15) is 64.7 Å². The summed E-state index contributed by atoms with van der Waals surface area (Å²) in [6, 6.07) is 0. The summed E-state index contributed by atoms with van der Waals surface area (Å²) < 4.78 is 0. The van der Waals surface area contributed by atoms with Crippen LogP contribution in [0.5, 0.6) is 0 Å². The standard InChI is InChI=1S/C21H30O2/c1-20(19(22)23,12-18-8-13-2-3-17(18)7-13)21-9-14-4-15(10-21)6-16(5-14)11-21/h2-3,13-18H,4-12H2,1H3,(H,22,23). The van der Waals surface area contributed by atoms with Crippen molar-refractivity contribution >= 4 is 5.97 Å². The SMILES string of the molecule is CC(CC1CC2C=CC1C2)(C(=O)O)C12CC3CC(CC(C3)C1)C2. The van der Waals surface area contributed by atoms with Gasteiger partial charge in [-0.3, -0.25) is 4.79 Å². The minimum Gasteiger partial charge on any atom is -0.481 e. The lowest BCUT2D eigenvalue weighted by molar-refractivity contribution is -0.180. The first kappa shape index (κ1) is 14.5. The van der Waals surface area contributed by atoms with E-state index >= 15 is 0 Å². The van der Waals surface area contributed by atoms with Gasteiger partial charge in [0.2, 0.25) is 0 Å². The van der Waals surface area contributed by atoms with E-state index in [-0.39, 0.29) is 5.41 Å². The topological polar surface area (TPSA) is 37.3 Å². The van der Waals surface area contributed by atoms with Crippen LogP contribution in [-0.2, 0) is 4.79 Å². The number of rotatable bonds is 4. The van der Waals surface area contributed by atoms with E-state index in [1.54, 1.807) is 0 Å². The van der Waals surface area contributed by atoms with Crippen LogP contribution < -0.4 is 0 Å². The molecular weight excluding hydrogens is 284 g/mol. The highest BCUT2D eigenvalue weighted by molar-refractivity contribution is 5.75. The van der Waals surface area contributed by atoms with E-state index in [0.29, 0.717) is 11.8 Å². The molecule has 5 saturated carbocycles. The summed E-state index contributed by atoms with van der Waals surface area (Å²) in [7, 11) is 0. The van der Waals surface area contributed by atoms with E-state index in [9.17, 15) is 9.90 Å². The van der Waals surface area contributed by atoms with Gasteiger partial charge in [0.25, 0.3) is 0 Å². The van der Waals surface area contributed by atoms with E-state index in [4.69, 9.17) is 0 Å². The van der Waals surface area contributed by atoms with Crippen molar-refractivity contribution in [3.8, 4) is 0 Å². The Balaban J connectivity index is 1.47. The van der Waals surface area contributed by atoms with E-state index in [0.717, 1.165) is 30.1 Å². The van der Waals surface area contributed by atoms with Crippen LogP contribution in [0.15, 0.2) is 12.2 Å². The molecule has 6 rings (SSSR count).